The fourth-order valence-electron chi connectivity index (χ4n) is 2.79. The van der Waals surface area contributed by atoms with Crippen molar-refractivity contribution < 1.29 is 17.9 Å². The number of anilines is 1. The van der Waals surface area contributed by atoms with Gasteiger partial charge in [-0.3, -0.25) is 0 Å². The van der Waals surface area contributed by atoms with Crippen molar-refractivity contribution in [3.8, 4) is 17.0 Å². The van der Waals surface area contributed by atoms with Crippen LogP contribution in [-0.4, -0.2) is 41.1 Å². The summed E-state index contributed by atoms with van der Waals surface area (Å²) in [7, 11) is 1.42. The number of benzene rings is 1. The lowest BCUT2D eigenvalue weighted by Crippen LogP contribution is -2.23. The number of aromatic nitrogens is 3. The highest BCUT2D eigenvalue weighted by Gasteiger charge is 2.21. The van der Waals surface area contributed by atoms with Crippen LogP contribution in [0.1, 0.15) is 5.82 Å². The Bertz CT molecular complexity index is 986. The quantitative estimate of drug-likeness (QED) is 0.602. The fourth-order valence-corrected chi connectivity index (χ4v) is 2.79. The van der Waals surface area contributed by atoms with Crippen molar-refractivity contribution in [2.24, 2.45) is 5.11 Å². The molecule has 142 valence electrons. The average molecular weight is 378 g/mol. The molecule has 0 radical (unpaired) electrons. The van der Waals surface area contributed by atoms with Crippen molar-refractivity contribution in [3.05, 3.63) is 36.0 Å². The van der Waals surface area contributed by atoms with Crippen LogP contribution < -0.4 is 10.1 Å². The number of nitrogens with one attached hydrogen (secondary N) is 2. The first-order chi connectivity index (χ1) is 13.0. The highest BCUT2D eigenvalue weighted by molar-refractivity contribution is 5.87. The van der Waals surface area contributed by atoms with Crippen LogP contribution in [0.15, 0.2) is 29.5 Å². The van der Waals surface area contributed by atoms with Crippen LogP contribution in [0.3, 0.4) is 0 Å². The first-order valence-electron chi connectivity index (χ1n) is 8.02. The molecule has 7 nitrogen and oxygen atoms in total. The molecule has 10 heteroatoms. The van der Waals surface area contributed by atoms with Crippen molar-refractivity contribution in [1.29, 1.82) is 5.53 Å². The number of halogens is 3. The third-order valence-electron chi connectivity index (χ3n) is 3.99. The summed E-state index contributed by atoms with van der Waals surface area (Å²) < 4.78 is 47.1. The van der Waals surface area contributed by atoms with Crippen LogP contribution in [0.5, 0.6) is 5.88 Å². The van der Waals surface area contributed by atoms with E-state index < -0.39 is 25.2 Å². The van der Waals surface area contributed by atoms with Gasteiger partial charge in [0.1, 0.15) is 30.4 Å². The summed E-state index contributed by atoms with van der Waals surface area (Å²) >= 11 is 0. The van der Waals surface area contributed by atoms with Crippen LogP contribution >= 0.6 is 0 Å². The van der Waals surface area contributed by atoms with Crippen molar-refractivity contribution >= 4 is 16.9 Å². The monoisotopic (exact) mass is 378 g/mol. The molecule has 0 amide bonds. The van der Waals surface area contributed by atoms with E-state index in [0.29, 0.717) is 16.9 Å². The van der Waals surface area contributed by atoms with Gasteiger partial charge in [0.15, 0.2) is 5.82 Å². The maximum absolute atomic E-state index is 14.7. The van der Waals surface area contributed by atoms with E-state index in [9.17, 15) is 13.2 Å². The summed E-state index contributed by atoms with van der Waals surface area (Å²) in [5, 5.41) is 10.1. The maximum Gasteiger partial charge on any atom is 0.242 e. The van der Waals surface area contributed by atoms with Gasteiger partial charge < -0.3 is 10.1 Å². The van der Waals surface area contributed by atoms with E-state index in [0.717, 1.165) is 0 Å². The zero-order chi connectivity index (χ0) is 19.6. The van der Waals surface area contributed by atoms with Gasteiger partial charge in [0.05, 0.1) is 30.6 Å². The number of nitrogens with zero attached hydrogens (tertiary/aromatic N) is 4. The van der Waals surface area contributed by atoms with Gasteiger partial charge in [-0.05, 0) is 24.6 Å². The molecule has 0 spiro atoms. The Balaban J connectivity index is 2.19. The second kappa shape index (κ2) is 7.60. The summed E-state index contributed by atoms with van der Waals surface area (Å²) in [4.78, 5) is 4.17. The van der Waals surface area contributed by atoms with Gasteiger partial charge in [0, 0.05) is 0 Å². The summed E-state index contributed by atoms with van der Waals surface area (Å²) in [6, 6.07) is 3.40. The van der Waals surface area contributed by atoms with Crippen LogP contribution in [-0.2, 0) is 0 Å². The van der Waals surface area contributed by atoms with E-state index in [2.05, 4.69) is 20.5 Å². The highest BCUT2D eigenvalue weighted by atomic mass is 19.1. The molecule has 0 saturated carbocycles. The fraction of sp³-hybridized carbons (Fsp3) is 0.294. The van der Waals surface area contributed by atoms with Gasteiger partial charge >= 0.3 is 0 Å². The van der Waals surface area contributed by atoms with Crippen molar-refractivity contribution in [3.63, 3.8) is 0 Å². The van der Waals surface area contributed by atoms with Crippen LogP contribution in [0.2, 0.25) is 0 Å². The Kier molecular flexibility index (Phi) is 5.24. The second-order valence-corrected chi connectivity index (χ2v) is 5.81. The van der Waals surface area contributed by atoms with Gasteiger partial charge in [-0.15, -0.1) is 0 Å². The first-order valence-corrected chi connectivity index (χ1v) is 8.02. The SMILES string of the molecule is COc1nc(C)nn2cc(F)c(-c3ccc(N=N)c(NC(CF)CF)c3)c12. The highest BCUT2D eigenvalue weighted by Crippen LogP contribution is 2.37. The van der Waals surface area contributed by atoms with E-state index in [1.165, 1.54) is 30.0 Å². The smallest absolute Gasteiger partial charge is 0.242 e. The molecule has 2 aromatic heterocycles. The molecule has 1 aromatic carbocycles. The molecule has 2 heterocycles. The van der Waals surface area contributed by atoms with E-state index in [-0.39, 0.29) is 22.8 Å². The molecule has 0 bridgehead atoms. The lowest BCUT2D eigenvalue weighted by molar-refractivity contribution is 0.368. The molecular formula is C17H17F3N6O. The Morgan fingerprint density at radius 2 is 2.07 bits per heavy atom. The van der Waals surface area contributed by atoms with Crippen LogP contribution in [0.4, 0.5) is 24.5 Å². The molecule has 0 atom stereocenters. The third-order valence-corrected chi connectivity index (χ3v) is 3.99. The number of ether oxygens (including phenoxy) is 1. The Labute approximate surface area is 152 Å². The Hall–Kier alpha value is -3.17. The van der Waals surface area contributed by atoms with Crippen molar-refractivity contribution in [2.75, 3.05) is 25.8 Å². The third kappa shape index (κ3) is 3.42. The molecule has 3 aromatic rings. The minimum absolute atomic E-state index is 0.170. The lowest BCUT2D eigenvalue weighted by Gasteiger charge is -2.15. The van der Waals surface area contributed by atoms with Crippen molar-refractivity contribution in [2.45, 2.75) is 13.0 Å². The maximum atomic E-state index is 14.7. The summed E-state index contributed by atoms with van der Waals surface area (Å²) in [6.45, 7) is -0.231. The van der Waals surface area contributed by atoms with Gasteiger partial charge in [-0.2, -0.15) is 15.2 Å². The lowest BCUT2D eigenvalue weighted by atomic mass is 10.0. The summed E-state index contributed by atoms with van der Waals surface area (Å²) in [6.07, 6.45) is 1.20. The predicted molar refractivity (Wildman–Crippen MR) is 93.8 cm³/mol. The topological polar surface area (TPSA) is 87.7 Å². The molecule has 0 fully saturated rings. The number of hydrogen-bond donors (Lipinski definition) is 2. The molecule has 0 unspecified atom stereocenters. The van der Waals surface area contributed by atoms with Gasteiger partial charge in [0.25, 0.3) is 0 Å². The Morgan fingerprint density at radius 1 is 1.33 bits per heavy atom. The van der Waals surface area contributed by atoms with E-state index in [1.54, 1.807) is 13.0 Å². The number of hydrogen-bond acceptors (Lipinski definition) is 6. The zero-order valence-electron chi connectivity index (χ0n) is 14.6. The minimum Gasteiger partial charge on any atom is -0.479 e. The van der Waals surface area contributed by atoms with E-state index >= 15 is 0 Å². The summed E-state index contributed by atoms with van der Waals surface area (Å²) in [5.41, 5.74) is 8.50. The normalized spacial score (nSPS) is 11.2. The van der Waals surface area contributed by atoms with Gasteiger partial charge in [0.2, 0.25) is 5.88 Å². The zero-order valence-corrected chi connectivity index (χ0v) is 14.6. The standard InChI is InChI=1S/C17H17F3N6O/c1-9-22-17(27-2)16-15(12(20)8-26(16)25-9)10-3-4-13(24-21)14(5-10)23-11(6-18)7-19/h3-5,8,11,21,23H,6-7H2,1-2H3. The van der Waals surface area contributed by atoms with E-state index in [1.807, 2.05) is 0 Å². The van der Waals surface area contributed by atoms with E-state index in [4.69, 9.17) is 10.3 Å². The molecule has 0 aliphatic rings. The van der Waals surface area contributed by atoms with Crippen LogP contribution in [0, 0.1) is 18.3 Å². The molecule has 2 N–H and O–H groups in total. The van der Waals surface area contributed by atoms with Gasteiger partial charge in [-0.1, -0.05) is 6.07 Å². The van der Waals surface area contributed by atoms with Crippen molar-refractivity contribution in [1.82, 2.24) is 14.6 Å². The Morgan fingerprint density at radius 3 is 2.70 bits per heavy atom. The minimum atomic E-state index is -1.09. The predicted octanol–water partition coefficient (Wildman–Crippen LogP) is 4.23. The summed E-state index contributed by atoms with van der Waals surface area (Å²) in [5.74, 6) is 0.0261. The number of methoxy groups -OCH3 is 1. The first kappa shape index (κ1) is 18.6. The molecule has 3 rings (SSSR count). The average Bonchev–Trinajstić information content (AvgIpc) is 3.00. The molecule has 0 saturated heterocycles. The van der Waals surface area contributed by atoms with Crippen LogP contribution in [0.25, 0.3) is 16.6 Å². The molecular weight excluding hydrogens is 361 g/mol. The molecule has 0 aliphatic heterocycles. The second-order valence-electron chi connectivity index (χ2n) is 5.81. The number of rotatable bonds is 7. The number of alkyl halides is 2. The molecule has 0 aliphatic carbocycles. The van der Waals surface area contributed by atoms with Gasteiger partial charge in [-0.25, -0.2) is 23.2 Å². The largest absolute Gasteiger partial charge is 0.479 e. The number of fused-ring (bicyclic) bond motifs is 1. The molecule has 27 heavy (non-hydrogen) atoms. The number of aryl methyl sites for hydroxylation is 1.